The second-order valence-corrected chi connectivity index (χ2v) is 7.71. The lowest BCUT2D eigenvalue weighted by atomic mass is 10.1. The molecule has 0 amide bonds. The van der Waals surface area contributed by atoms with Crippen LogP contribution in [0.5, 0.6) is 0 Å². The van der Waals surface area contributed by atoms with E-state index in [2.05, 4.69) is 19.1 Å². The van der Waals surface area contributed by atoms with E-state index in [0.29, 0.717) is 14.1 Å². The third kappa shape index (κ3) is 6.14. The van der Waals surface area contributed by atoms with Crippen molar-refractivity contribution in [1.82, 2.24) is 0 Å². The summed E-state index contributed by atoms with van der Waals surface area (Å²) in [6.07, 6.45) is 0.847. The lowest BCUT2D eigenvalue weighted by molar-refractivity contribution is 0.0696. The van der Waals surface area contributed by atoms with Gasteiger partial charge in [-0.25, -0.2) is 4.79 Å². The highest BCUT2D eigenvalue weighted by atomic mass is 31.1. The van der Waals surface area contributed by atoms with Crippen LogP contribution in [0.25, 0.3) is 0 Å². The summed E-state index contributed by atoms with van der Waals surface area (Å²) in [4.78, 5) is 22.6. The third-order valence-corrected chi connectivity index (χ3v) is 5.61. The lowest BCUT2D eigenvalue weighted by Gasteiger charge is -2.06. The van der Waals surface area contributed by atoms with Crippen molar-refractivity contribution >= 4 is 20.1 Å². The van der Waals surface area contributed by atoms with E-state index in [4.69, 9.17) is 5.11 Å². The van der Waals surface area contributed by atoms with E-state index in [9.17, 15) is 9.59 Å². The van der Waals surface area contributed by atoms with Crippen LogP contribution in [0.15, 0.2) is 72.8 Å². The summed E-state index contributed by atoms with van der Waals surface area (Å²) in [7, 11) is 0.315. The van der Waals surface area contributed by atoms with E-state index in [0.717, 1.165) is 22.9 Å². The number of rotatable bonds is 5. The molecule has 0 aliphatic carbocycles. The van der Waals surface area contributed by atoms with Gasteiger partial charge in [-0.15, -0.1) is 0 Å². The van der Waals surface area contributed by atoms with Crippen LogP contribution in [0.3, 0.4) is 0 Å². The molecule has 1 N–H and O–H groups in total. The summed E-state index contributed by atoms with van der Waals surface area (Å²) in [5.74, 6) is -0.863. The Hall–Kier alpha value is -2.77. The number of carboxylic acid groups (broad SMARTS) is 1. The molecule has 0 saturated heterocycles. The van der Waals surface area contributed by atoms with Gasteiger partial charge in [0.25, 0.3) is 0 Å². The van der Waals surface area contributed by atoms with Gasteiger partial charge in [-0.05, 0) is 63.8 Å². The van der Waals surface area contributed by atoms with Crippen LogP contribution in [0.4, 0.5) is 0 Å². The number of carboxylic acids is 1. The van der Waals surface area contributed by atoms with Gasteiger partial charge in [-0.3, -0.25) is 4.79 Å². The van der Waals surface area contributed by atoms with E-state index < -0.39 is 5.97 Å². The van der Waals surface area contributed by atoms with Crippen molar-refractivity contribution < 1.29 is 14.7 Å². The summed E-state index contributed by atoms with van der Waals surface area (Å²) < 4.78 is 0. The van der Waals surface area contributed by atoms with Crippen LogP contribution >= 0.6 is 8.58 Å². The molecule has 3 aromatic carbocycles. The first-order valence-electron chi connectivity index (χ1n) is 9.07. The molecule has 0 aliphatic heterocycles. The van der Waals surface area contributed by atoms with E-state index >= 15 is 0 Å². The number of hydrogen-bond acceptors (Lipinski definition) is 2. The fraction of sp³-hybridized carbons (Fsp3) is 0.167. The standard InChI is InChI=1S/C16H17OP.C8H8O2/c1-12-7-3-5-9-14(12)11-18-16(17)15-10-6-4-8-13(15)2;1-6-4-2-3-5-7(6)8(9)10/h3-10,18H,11H2,1-2H3;2-5H,1H3,(H,9,10). The Morgan fingerprint density at radius 2 is 1.18 bits per heavy atom. The number of hydrogen-bond donors (Lipinski definition) is 1. The molecule has 3 aromatic rings. The summed E-state index contributed by atoms with van der Waals surface area (Å²) in [5.41, 5.74) is 5.92. The number of aromatic carboxylic acids is 1. The first kappa shape index (κ1) is 21.5. The van der Waals surface area contributed by atoms with Crippen molar-refractivity contribution in [3.05, 3.63) is 106 Å². The fourth-order valence-corrected chi connectivity index (χ4v) is 3.94. The molecule has 3 nitrogen and oxygen atoms in total. The minimum absolute atomic E-state index is 0.261. The van der Waals surface area contributed by atoms with Crippen molar-refractivity contribution in [2.45, 2.75) is 26.9 Å². The van der Waals surface area contributed by atoms with Gasteiger partial charge in [0.2, 0.25) is 0 Å². The van der Waals surface area contributed by atoms with Crippen molar-refractivity contribution in [1.29, 1.82) is 0 Å². The molecule has 0 bridgehead atoms. The molecule has 1 atom stereocenters. The van der Waals surface area contributed by atoms with Crippen LogP contribution in [0.2, 0.25) is 0 Å². The largest absolute Gasteiger partial charge is 0.478 e. The number of benzene rings is 3. The molecule has 0 spiro atoms. The Bertz CT molecular complexity index is 963. The van der Waals surface area contributed by atoms with Gasteiger partial charge in [0.05, 0.1) is 5.56 Å². The quantitative estimate of drug-likeness (QED) is 0.541. The molecule has 28 heavy (non-hydrogen) atoms. The number of carbonyl (C=O) groups excluding carboxylic acids is 1. The fourth-order valence-electron chi connectivity index (χ4n) is 2.72. The highest BCUT2D eigenvalue weighted by molar-refractivity contribution is 7.58. The van der Waals surface area contributed by atoms with Crippen molar-refractivity contribution in [2.24, 2.45) is 0 Å². The summed E-state index contributed by atoms with van der Waals surface area (Å²) in [6, 6.07) is 23.0. The molecule has 0 aromatic heterocycles. The van der Waals surface area contributed by atoms with Crippen molar-refractivity contribution in [3.8, 4) is 0 Å². The maximum absolute atomic E-state index is 12.2. The highest BCUT2D eigenvalue weighted by Crippen LogP contribution is 2.26. The van der Waals surface area contributed by atoms with Crippen LogP contribution in [0, 0.1) is 20.8 Å². The van der Waals surface area contributed by atoms with E-state index in [-0.39, 0.29) is 5.52 Å². The Kier molecular flexibility index (Phi) is 8.10. The maximum Gasteiger partial charge on any atom is 0.335 e. The minimum Gasteiger partial charge on any atom is -0.478 e. The molecular weight excluding hydrogens is 367 g/mol. The second kappa shape index (κ2) is 10.5. The van der Waals surface area contributed by atoms with Crippen LogP contribution in [0.1, 0.15) is 43.0 Å². The van der Waals surface area contributed by atoms with Crippen molar-refractivity contribution in [3.63, 3.8) is 0 Å². The van der Waals surface area contributed by atoms with Gasteiger partial charge in [0.15, 0.2) is 5.52 Å². The van der Waals surface area contributed by atoms with Gasteiger partial charge >= 0.3 is 5.97 Å². The molecule has 0 fully saturated rings. The first-order valence-corrected chi connectivity index (χ1v) is 10.3. The van der Waals surface area contributed by atoms with Gasteiger partial charge in [-0.1, -0.05) is 66.7 Å². The predicted molar refractivity (Wildman–Crippen MR) is 117 cm³/mol. The topological polar surface area (TPSA) is 54.4 Å². The third-order valence-electron chi connectivity index (χ3n) is 4.47. The zero-order chi connectivity index (χ0) is 20.5. The van der Waals surface area contributed by atoms with Gasteiger partial charge in [-0.2, -0.15) is 0 Å². The zero-order valence-corrected chi connectivity index (χ0v) is 17.4. The molecule has 3 rings (SSSR count). The van der Waals surface area contributed by atoms with Gasteiger partial charge in [0, 0.05) is 5.56 Å². The molecular formula is C24H25O3P. The summed E-state index contributed by atoms with van der Waals surface area (Å²) >= 11 is 0. The smallest absolute Gasteiger partial charge is 0.335 e. The number of carbonyl (C=O) groups is 2. The zero-order valence-electron chi connectivity index (χ0n) is 16.4. The van der Waals surface area contributed by atoms with Crippen LogP contribution in [-0.2, 0) is 6.16 Å². The van der Waals surface area contributed by atoms with Crippen LogP contribution < -0.4 is 0 Å². The average molecular weight is 392 g/mol. The highest BCUT2D eigenvalue weighted by Gasteiger charge is 2.09. The van der Waals surface area contributed by atoms with E-state index in [1.165, 1.54) is 11.1 Å². The molecule has 0 saturated carbocycles. The molecule has 1 unspecified atom stereocenters. The monoisotopic (exact) mass is 392 g/mol. The Morgan fingerprint density at radius 3 is 1.64 bits per heavy atom. The summed E-state index contributed by atoms with van der Waals surface area (Å²) in [5, 5.41) is 8.57. The molecule has 0 radical (unpaired) electrons. The second-order valence-electron chi connectivity index (χ2n) is 6.54. The minimum atomic E-state index is -0.863. The molecule has 4 heteroatoms. The van der Waals surface area contributed by atoms with Crippen molar-refractivity contribution in [2.75, 3.05) is 0 Å². The van der Waals surface area contributed by atoms with Crippen LogP contribution in [-0.4, -0.2) is 16.6 Å². The Balaban J connectivity index is 0.000000237. The molecule has 0 aliphatic rings. The Labute approximate surface area is 168 Å². The average Bonchev–Trinajstić information content (AvgIpc) is 2.68. The van der Waals surface area contributed by atoms with Gasteiger partial charge < -0.3 is 5.11 Å². The lowest BCUT2D eigenvalue weighted by Crippen LogP contribution is -1.97. The molecule has 0 heterocycles. The Morgan fingerprint density at radius 1 is 0.714 bits per heavy atom. The van der Waals surface area contributed by atoms with Gasteiger partial charge in [0.1, 0.15) is 0 Å². The molecule has 144 valence electrons. The SMILES string of the molecule is Cc1ccccc1C(=O)O.Cc1ccccc1CPC(=O)c1ccccc1C. The first-order chi connectivity index (χ1) is 13.4. The maximum atomic E-state index is 12.2. The number of aryl methyl sites for hydroxylation is 3. The van der Waals surface area contributed by atoms with E-state index in [1.54, 1.807) is 25.1 Å². The summed E-state index contributed by atoms with van der Waals surface area (Å²) in [6.45, 7) is 5.87. The van der Waals surface area contributed by atoms with E-state index in [1.807, 2.05) is 49.4 Å². The normalized spacial score (nSPS) is 10.4. The predicted octanol–water partition coefficient (Wildman–Crippen LogP) is 6.02.